The second kappa shape index (κ2) is 7.63. The fraction of sp³-hybridized carbons (Fsp3) is 0.429. The van der Waals surface area contributed by atoms with E-state index in [1.807, 2.05) is 6.92 Å². The van der Waals surface area contributed by atoms with Gasteiger partial charge in [0.05, 0.1) is 4.92 Å². The van der Waals surface area contributed by atoms with E-state index in [1.54, 1.807) is 6.08 Å². The van der Waals surface area contributed by atoms with Gasteiger partial charge < -0.3 is 5.32 Å². The predicted molar refractivity (Wildman–Crippen MR) is 74.5 cm³/mol. The summed E-state index contributed by atoms with van der Waals surface area (Å²) in [6.07, 6.45) is 3.49. The highest BCUT2D eigenvalue weighted by atomic mass is 19.1. The van der Waals surface area contributed by atoms with Gasteiger partial charge in [0.1, 0.15) is 5.82 Å². The minimum absolute atomic E-state index is 0.0929. The third-order valence-corrected chi connectivity index (χ3v) is 2.78. The highest BCUT2D eigenvalue weighted by molar-refractivity contribution is 5.57. The Morgan fingerprint density at radius 3 is 2.79 bits per heavy atom. The maximum Gasteiger partial charge on any atom is 0.270 e. The number of nitrogens with zero attached hydrogens (tertiary/aromatic N) is 1. The Labute approximate surface area is 112 Å². The molecule has 104 valence electrons. The van der Waals surface area contributed by atoms with E-state index in [2.05, 4.69) is 12.2 Å². The van der Waals surface area contributed by atoms with Crippen LogP contribution in [-0.4, -0.2) is 18.0 Å². The molecule has 0 aliphatic carbocycles. The van der Waals surface area contributed by atoms with Gasteiger partial charge in [-0.05, 0) is 25.5 Å². The molecule has 1 aromatic carbocycles. The lowest BCUT2D eigenvalue weighted by atomic mass is 10.1. The molecule has 0 bridgehead atoms. The number of halogens is 1. The quantitative estimate of drug-likeness (QED) is 0.466. The molecule has 0 saturated heterocycles. The van der Waals surface area contributed by atoms with Gasteiger partial charge in [-0.2, -0.15) is 0 Å². The number of hydrogen-bond acceptors (Lipinski definition) is 3. The second-order valence-electron chi connectivity index (χ2n) is 4.30. The van der Waals surface area contributed by atoms with E-state index in [0.717, 1.165) is 31.0 Å². The number of benzene rings is 1. The van der Waals surface area contributed by atoms with Crippen LogP contribution >= 0.6 is 0 Å². The van der Waals surface area contributed by atoms with Crippen molar-refractivity contribution in [1.29, 1.82) is 0 Å². The van der Waals surface area contributed by atoms with Gasteiger partial charge in [-0.15, -0.1) is 0 Å². The van der Waals surface area contributed by atoms with Crippen molar-refractivity contribution in [1.82, 2.24) is 5.32 Å². The highest BCUT2D eigenvalue weighted by Gasteiger charge is 2.09. The van der Waals surface area contributed by atoms with Gasteiger partial charge in [-0.3, -0.25) is 10.1 Å². The molecular formula is C14H19FN2O2. The average Bonchev–Trinajstić information content (AvgIpc) is 2.39. The van der Waals surface area contributed by atoms with Crippen molar-refractivity contribution >= 4 is 11.8 Å². The molecule has 0 aromatic heterocycles. The maximum atomic E-state index is 13.6. The van der Waals surface area contributed by atoms with E-state index in [9.17, 15) is 14.5 Å². The first-order valence-corrected chi connectivity index (χ1v) is 6.42. The Morgan fingerprint density at radius 2 is 2.21 bits per heavy atom. The van der Waals surface area contributed by atoms with Gasteiger partial charge in [0.2, 0.25) is 0 Å². The monoisotopic (exact) mass is 266 g/mol. The lowest BCUT2D eigenvalue weighted by Gasteiger charge is -2.07. The summed E-state index contributed by atoms with van der Waals surface area (Å²) in [5, 5.41) is 13.9. The van der Waals surface area contributed by atoms with E-state index in [0.29, 0.717) is 6.54 Å². The van der Waals surface area contributed by atoms with Gasteiger partial charge in [0, 0.05) is 24.2 Å². The molecule has 0 amide bonds. The van der Waals surface area contributed by atoms with E-state index in [4.69, 9.17) is 0 Å². The maximum absolute atomic E-state index is 13.6. The van der Waals surface area contributed by atoms with Crippen molar-refractivity contribution in [3.8, 4) is 0 Å². The van der Waals surface area contributed by atoms with Crippen molar-refractivity contribution in [2.24, 2.45) is 0 Å². The van der Waals surface area contributed by atoms with Crippen LogP contribution in [0.4, 0.5) is 10.1 Å². The zero-order chi connectivity index (χ0) is 14.3. The van der Waals surface area contributed by atoms with Crippen molar-refractivity contribution < 1.29 is 9.31 Å². The lowest BCUT2D eigenvalue weighted by Crippen LogP contribution is -2.17. The zero-order valence-electron chi connectivity index (χ0n) is 11.3. The van der Waals surface area contributed by atoms with Crippen LogP contribution in [0, 0.1) is 15.9 Å². The van der Waals surface area contributed by atoms with Crippen LogP contribution in [0.1, 0.15) is 32.3 Å². The normalized spacial score (nSPS) is 11.6. The Bertz CT molecular complexity index is 473. The molecule has 0 radical (unpaired) electrons. The summed E-state index contributed by atoms with van der Waals surface area (Å²) in [6.45, 7) is 5.62. The van der Waals surface area contributed by atoms with Crippen LogP contribution < -0.4 is 5.32 Å². The average molecular weight is 266 g/mol. The smallest absolute Gasteiger partial charge is 0.270 e. The number of hydrogen-bond donors (Lipinski definition) is 1. The second-order valence-corrected chi connectivity index (χ2v) is 4.30. The largest absolute Gasteiger partial charge is 0.313 e. The van der Waals surface area contributed by atoms with E-state index >= 15 is 0 Å². The van der Waals surface area contributed by atoms with Crippen molar-refractivity contribution in [3.05, 3.63) is 45.3 Å². The summed E-state index contributed by atoms with van der Waals surface area (Å²) in [7, 11) is 0. The lowest BCUT2D eigenvalue weighted by molar-refractivity contribution is -0.384. The number of non-ortho nitro benzene ring substituents is 1. The third kappa shape index (κ3) is 4.79. The fourth-order valence-corrected chi connectivity index (χ4v) is 1.68. The molecule has 0 heterocycles. The first-order chi connectivity index (χ1) is 9.08. The molecule has 0 aliphatic heterocycles. The van der Waals surface area contributed by atoms with Crippen LogP contribution in [0.3, 0.4) is 0 Å². The summed E-state index contributed by atoms with van der Waals surface area (Å²) in [4.78, 5) is 10.2. The Hall–Kier alpha value is -1.75. The van der Waals surface area contributed by atoms with Crippen molar-refractivity contribution in [3.63, 3.8) is 0 Å². The Balaban J connectivity index is 2.93. The van der Waals surface area contributed by atoms with Gasteiger partial charge in [-0.1, -0.05) is 25.5 Å². The topological polar surface area (TPSA) is 55.2 Å². The standard InChI is InChI=1S/C14H19FN2O2/c1-3-7-16-10-11(4-2)8-12-9-13(17(18)19)5-6-14(12)15/h5-6,8-9,16H,3-4,7,10H2,1-2H3/b11-8+. The molecule has 0 aliphatic rings. The Morgan fingerprint density at radius 1 is 1.47 bits per heavy atom. The Kier molecular flexibility index (Phi) is 6.15. The minimum Gasteiger partial charge on any atom is -0.313 e. The van der Waals surface area contributed by atoms with Crippen molar-refractivity contribution in [2.45, 2.75) is 26.7 Å². The molecule has 0 unspecified atom stereocenters. The number of nitro benzene ring substituents is 1. The highest BCUT2D eigenvalue weighted by Crippen LogP contribution is 2.19. The molecule has 4 nitrogen and oxygen atoms in total. The summed E-state index contributed by atoms with van der Waals surface area (Å²) in [6, 6.07) is 3.58. The molecule has 1 aromatic rings. The summed E-state index contributed by atoms with van der Waals surface area (Å²) >= 11 is 0. The van der Waals surface area contributed by atoms with Crippen LogP contribution in [0.25, 0.3) is 6.08 Å². The summed E-state index contributed by atoms with van der Waals surface area (Å²) < 4.78 is 13.6. The first-order valence-electron chi connectivity index (χ1n) is 6.42. The molecule has 0 atom stereocenters. The number of nitro groups is 1. The van der Waals surface area contributed by atoms with Gasteiger partial charge in [0.25, 0.3) is 5.69 Å². The number of rotatable bonds is 7. The summed E-state index contributed by atoms with van der Waals surface area (Å²) in [5.74, 6) is -0.438. The molecule has 19 heavy (non-hydrogen) atoms. The van der Waals surface area contributed by atoms with Gasteiger partial charge in [-0.25, -0.2) is 4.39 Å². The molecule has 0 saturated carbocycles. The molecule has 5 heteroatoms. The zero-order valence-corrected chi connectivity index (χ0v) is 11.3. The van der Waals surface area contributed by atoms with Crippen LogP contribution in [0.15, 0.2) is 23.8 Å². The summed E-state index contributed by atoms with van der Waals surface area (Å²) in [5.41, 5.74) is 1.20. The minimum atomic E-state index is -0.516. The predicted octanol–water partition coefficient (Wildman–Crippen LogP) is 3.53. The third-order valence-electron chi connectivity index (χ3n) is 2.78. The van der Waals surface area contributed by atoms with E-state index in [-0.39, 0.29) is 11.3 Å². The van der Waals surface area contributed by atoms with Crippen LogP contribution in [-0.2, 0) is 0 Å². The van der Waals surface area contributed by atoms with Crippen LogP contribution in [0.5, 0.6) is 0 Å². The fourth-order valence-electron chi connectivity index (χ4n) is 1.68. The molecule has 1 rings (SSSR count). The van der Waals surface area contributed by atoms with Gasteiger partial charge in [0.15, 0.2) is 0 Å². The molecule has 0 fully saturated rings. The van der Waals surface area contributed by atoms with E-state index in [1.165, 1.54) is 12.1 Å². The number of nitrogens with one attached hydrogen (secondary N) is 1. The van der Waals surface area contributed by atoms with E-state index < -0.39 is 10.7 Å². The molecule has 0 spiro atoms. The van der Waals surface area contributed by atoms with Gasteiger partial charge >= 0.3 is 0 Å². The molecular weight excluding hydrogens is 247 g/mol. The molecule has 1 N–H and O–H groups in total. The van der Waals surface area contributed by atoms with Crippen LogP contribution in [0.2, 0.25) is 0 Å². The SMILES string of the molecule is CCCNC/C(=C/c1cc([N+](=O)[O-])ccc1F)CC. The first kappa shape index (κ1) is 15.3. The van der Waals surface area contributed by atoms with Crippen molar-refractivity contribution in [2.75, 3.05) is 13.1 Å².